The van der Waals surface area contributed by atoms with E-state index in [2.05, 4.69) is 0 Å². The van der Waals surface area contributed by atoms with Crippen molar-refractivity contribution in [3.8, 4) is 0 Å². The molecule has 7 heteroatoms. The topological polar surface area (TPSA) is 43.4 Å². The Morgan fingerprint density at radius 2 is 1.81 bits per heavy atom. The van der Waals surface area contributed by atoms with Crippen LogP contribution < -0.4 is 0 Å². The van der Waals surface area contributed by atoms with Crippen molar-refractivity contribution in [1.29, 1.82) is 0 Å². The third-order valence-electron chi connectivity index (χ3n) is 4.49. The van der Waals surface area contributed by atoms with Crippen LogP contribution in [0.15, 0.2) is 41.0 Å². The summed E-state index contributed by atoms with van der Waals surface area (Å²) < 4.78 is 44.6. The number of carbonyl (C=O) groups excluding carboxylic acids is 2. The number of Topliss-reactive ketones (excluding diaryl/α,β-unsaturated/α-hetero) is 1. The quantitative estimate of drug-likeness (QED) is 0.679. The number of alkyl halides is 3. The number of methoxy groups -OCH3 is 1. The second-order valence-electron chi connectivity index (χ2n) is 6.26. The van der Waals surface area contributed by atoms with Gasteiger partial charge in [-0.2, -0.15) is 13.2 Å². The second-order valence-corrected chi connectivity index (χ2v) is 6.66. The molecule has 2 atom stereocenters. The van der Waals surface area contributed by atoms with E-state index in [0.717, 1.165) is 12.1 Å². The standard InChI is InChI=1S/C19H18ClF3O3/c1-9-7-10(2)16(18(25)26-4)17(15(9)11(3)24)12-5-6-14(20)13(8-12)19(21,22)23/h5-8,16-17H,1-4H3/t16-,17-/m1/s1. The van der Waals surface area contributed by atoms with E-state index in [0.29, 0.717) is 16.7 Å². The van der Waals surface area contributed by atoms with Crippen molar-refractivity contribution in [2.75, 3.05) is 7.11 Å². The van der Waals surface area contributed by atoms with Crippen molar-refractivity contribution in [3.63, 3.8) is 0 Å². The molecule has 3 nitrogen and oxygen atoms in total. The molecule has 0 bridgehead atoms. The largest absolute Gasteiger partial charge is 0.469 e. The molecule has 0 spiro atoms. The number of halogens is 4. The maximum absolute atomic E-state index is 13.3. The van der Waals surface area contributed by atoms with Gasteiger partial charge in [0.25, 0.3) is 0 Å². The van der Waals surface area contributed by atoms with Gasteiger partial charge in [0, 0.05) is 11.5 Å². The van der Waals surface area contributed by atoms with Gasteiger partial charge in [-0.05, 0) is 44.0 Å². The van der Waals surface area contributed by atoms with Gasteiger partial charge >= 0.3 is 12.1 Å². The molecular weight excluding hydrogens is 369 g/mol. The van der Waals surface area contributed by atoms with Gasteiger partial charge in [0.05, 0.1) is 23.6 Å². The zero-order chi connectivity index (χ0) is 19.8. The number of ketones is 1. The van der Waals surface area contributed by atoms with Gasteiger partial charge in [0.2, 0.25) is 0 Å². The van der Waals surface area contributed by atoms with Gasteiger partial charge in [-0.1, -0.05) is 29.3 Å². The van der Waals surface area contributed by atoms with E-state index >= 15 is 0 Å². The number of rotatable bonds is 3. The fraction of sp³-hybridized carbons (Fsp3) is 0.368. The minimum atomic E-state index is -4.65. The number of carbonyl (C=O) groups is 2. The molecule has 140 valence electrons. The zero-order valence-electron chi connectivity index (χ0n) is 14.7. The van der Waals surface area contributed by atoms with Crippen molar-refractivity contribution in [2.24, 2.45) is 5.92 Å². The molecule has 0 saturated heterocycles. The molecule has 0 saturated carbocycles. The third kappa shape index (κ3) is 3.70. The first-order valence-corrected chi connectivity index (χ1v) is 8.21. The van der Waals surface area contributed by atoms with Crippen molar-refractivity contribution in [1.82, 2.24) is 0 Å². The number of hydrogen-bond donors (Lipinski definition) is 0. The maximum atomic E-state index is 13.3. The Bertz CT molecular complexity index is 822. The van der Waals surface area contributed by atoms with Crippen LogP contribution in [0.3, 0.4) is 0 Å². The molecule has 0 fully saturated rings. The van der Waals surface area contributed by atoms with Crippen LogP contribution >= 0.6 is 11.6 Å². The first kappa shape index (κ1) is 20.2. The molecule has 0 radical (unpaired) electrons. The van der Waals surface area contributed by atoms with Crippen LogP contribution in [0.1, 0.15) is 37.8 Å². The summed E-state index contributed by atoms with van der Waals surface area (Å²) in [5.74, 6) is -2.68. The van der Waals surface area contributed by atoms with Crippen LogP contribution in [0.25, 0.3) is 0 Å². The first-order valence-electron chi connectivity index (χ1n) is 7.83. The van der Waals surface area contributed by atoms with Gasteiger partial charge in [-0.3, -0.25) is 9.59 Å². The first-order chi connectivity index (χ1) is 12.0. The number of ether oxygens (including phenoxy) is 1. The van der Waals surface area contributed by atoms with E-state index in [-0.39, 0.29) is 11.3 Å². The Kier molecular flexibility index (Phi) is 5.66. The van der Waals surface area contributed by atoms with Crippen molar-refractivity contribution in [3.05, 3.63) is 57.1 Å². The minimum absolute atomic E-state index is 0.189. The molecule has 1 aromatic rings. The predicted octanol–water partition coefficient (Wildman–Crippen LogP) is 5.10. The molecule has 0 N–H and O–H groups in total. The van der Waals surface area contributed by atoms with Crippen LogP contribution in [0.5, 0.6) is 0 Å². The van der Waals surface area contributed by atoms with Crippen LogP contribution in [0, 0.1) is 5.92 Å². The normalized spacial score (nSPS) is 20.7. The Labute approximate surface area is 154 Å². The molecule has 1 aliphatic carbocycles. The molecular formula is C19H18ClF3O3. The highest BCUT2D eigenvalue weighted by Gasteiger charge is 2.41. The number of allylic oxidation sites excluding steroid dienone is 3. The van der Waals surface area contributed by atoms with Gasteiger partial charge in [-0.25, -0.2) is 0 Å². The molecule has 26 heavy (non-hydrogen) atoms. The van der Waals surface area contributed by atoms with E-state index in [4.69, 9.17) is 16.3 Å². The third-order valence-corrected chi connectivity index (χ3v) is 4.82. The highest BCUT2D eigenvalue weighted by molar-refractivity contribution is 6.31. The summed E-state index contributed by atoms with van der Waals surface area (Å²) in [7, 11) is 1.20. The van der Waals surface area contributed by atoms with E-state index < -0.39 is 34.6 Å². The Morgan fingerprint density at radius 3 is 2.31 bits per heavy atom. The molecule has 0 amide bonds. The SMILES string of the molecule is COC(=O)[C@@H]1C(C)=CC(C)=C(C(C)=O)[C@H]1c1ccc(Cl)c(C(F)(F)F)c1. The summed E-state index contributed by atoms with van der Waals surface area (Å²) in [4.78, 5) is 24.6. The summed E-state index contributed by atoms with van der Waals surface area (Å²) >= 11 is 5.70. The van der Waals surface area contributed by atoms with Crippen LogP contribution in [0.4, 0.5) is 13.2 Å². The Morgan fingerprint density at radius 1 is 1.19 bits per heavy atom. The molecule has 0 unspecified atom stereocenters. The highest BCUT2D eigenvalue weighted by atomic mass is 35.5. The lowest BCUT2D eigenvalue weighted by Gasteiger charge is -2.32. The molecule has 1 aromatic carbocycles. The lowest BCUT2D eigenvalue weighted by Crippen LogP contribution is -2.31. The summed E-state index contributed by atoms with van der Waals surface area (Å²) in [5.41, 5.74) is 0.708. The minimum Gasteiger partial charge on any atom is -0.469 e. The molecule has 0 aromatic heterocycles. The summed E-state index contributed by atoms with van der Waals surface area (Å²) in [6, 6.07) is 3.44. The summed E-state index contributed by atoms with van der Waals surface area (Å²) in [5, 5.41) is -0.441. The van der Waals surface area contributed by atoms with Gasteiger partial charge < -0.3 is 4.74 Å². The van der Waals surface area contributed by atoms with Crippen LogP contribution in [0.2, 0.25) is 5.02 Å². The molecule has 1 aliphatic rings. The molecule has 2 rings (SSSR count). The van der Waals surface area contributed by atoms with Gasteiger partial charge in [0.1, 0.15) is 0 Å². The lowest BCUT2D eigenvalue weighted by atomic mass is 9.70. The molecule has 0 aliphatic heterocycles. The smallest absolute Gasteiger partial charge is 0.417 e. The highest BCUT2D eigenvalue weighted by Crippen LogP contribution is 2.45. The summed E-state index contributed by atoms with van der Waals surface area (Å²) in [6.07, 6.45) is -2.96. The van der Waals surface area contributed by atoms with Crippen molar-refractivity contribution >= 4 is 23.4 Å². The van der Waals surface area contributed by atoms with Gasteiger partial charge in [0.15, 0.2) is 5.78 Å². The average molecular weight is 387 g/mol. The number of esters is 1. The maximum Gasteiger partial charge on any atom is 0.417 e. The van der Waals surface area contributed by atoms with E-state index in [1.165, 1.54) is 20.1 Å². The van der Waals surface area contributed by atoms with Crippen molar-refractivity contribution < 1.29 is 27.5 Å². The Balaban J connectivity index is 2.74. The zero-order valence-corrected chi connectivity index (χ0v) is 15.5. The lowest BCUT2D eigenvalue weighted by molar-refractivity contribution is -0.144. The number of hydrogen-bond acceptors (Lipinski definition) is 3. The van der Waals surface area contributed by atoms with Gasteiger partial charge in [-0.15, -0.1) is 0 Å². The van der Waals surface area contributed by atoms with Crippen LogP contribution in [-0.4, -0.2) is 18.9 Å². The fourth-order valence-electron chi connectivity index (χ4n) is 3.44. The predicted molar refractivity (Wildman–Crippen MR) is 91.8 cm³/mol. The van der Waals surface area contributed by atoms with Crippen molar-refractivity contribution in [2.45, 2.75) is 32.9 Å². The number of benzene rings is 1. The van der Waals surface area contributed by atoms with E-state index in [9.17, 15) is 22.8 Å². The average Bonchev–Trinajstić information content (AvgIpc) is 2.52. The van der Waals surface area contributed by atoms with E-state index in [1.54, 1.807) is 19.9 Å². The van der Waals surface area contributed by atoms with Crippen LogP contribution in [-0.2, 0) is 20.5 Å². The molecule has 0 heterocycles. The summed E-state index contributed by atoms with van der Waals surface area (Å²) in [6.45, 7) is 4.71. The Hall–Kier alpha value is -2.08. The fourth-order valence-corrected chi connectivity index (χ4v) is 3.67. The monoisotopic (exact) mass is 386 g/mol. The van der Waals surface area contributed by atoms with E-state index in [1.807, 2.05) is 0 Å². The second kappa shape index (κ2) is 7.27.